The fraction of sp³-hybridized carbons (Fsp3) is 0.227. The highest BCUT2D eigenvalue weighted by Crippen LogP contribution is 2.31. The predicted molar refractivity (Wildman–Crippen MR) is 130 cm³/mol. The van der Waals surface area contributed by atoms with Crippen molar-refractivity contribution in [3.63, 3.8) is 0 Å². The molecule has 1 aromatic heterocycles. The van der Waals surface area contributed by atoms with Gasteiger partial charge < -0.3 is 16.0 Å². The lowest BCUT2D eigenvalue weighted by atomic mass is 9.90. The summed E-state index contributed by atoms with van der Waals surface area (Å²) in [5.41, 5.74) is 3.98. The van der Waals surface area contributed by atoms with E-state index in [4.69, 9.17) is 0 Å². The zero-order valence-corrected chi connectivity index (χ0v) is 19.0. The summed E-state index contributed by atoms with van der Waals surface area (Å²) in [5, 5.41) is 14.1. The van der Waals surface area contributed by atoms with Crippen molar-refractivity contribution >= 4 is 41.5 Å². The maximum Gasteiger partial charge on any atom is 0.225 e. The van der Waals surface area contributed by atoms with Gasteiger partial charge in [0, 0.05) is 37.8 Å². The highest BCUT2D eigenvalue weighted by molar-refractivity contribution is 14.0. The molecule has 30 heavy (non-hydrogen) atoms. The maximum atomic E-state index is 12.0. The molecule has 1 atom stereocenters. The normalized spacial score (nSPS) is 15.6. The Bertz CT molecular complexity index is 1020. The van der Waals surface area contributed by atoms with Crippen LogP contribution in [0.5, 0.6) is 0 Å². The van der Waals surface area contributed by atoms with E-state index in [2.05, 4.69) is 32.1 Å². The summed E-state index contributed by atoms with van der Waals surface area (Å²) < 4.78 is 1.85. The first kappa shape index (κ1) is 21.8. The minimum Gasteiger partial charge on any atom is -0.356 e. The number of aliphatic imine (C=N–C) groups is 1. The molecular formula is C22H25IN6O. The summed E-state index contributed by atoms with van der Waals surface area (Å²) >= 11 is 0. The minimum atomic E-state index is 0. The van der Waals surface area contributed by atoms with Crippen LogP contribution in [0, 0.1) is 0 Å². The van der Waals surface area contributed by atoms with Crippen molar-refractivity contribution < 1.29 is 4.79 Å². The quantitative estimate of drug-likeness (QED) is 0.276. The van der Waals surface area contributed by atoms with Crippen molar-refractivity contribution in [2.24, 2.45) is 4.99 Å². The zero-order valence-electron chi connectivity index (χ0n) is 16.7. The van der Waals surface area contributed by atoms with Crippen LogP contribution in [0.3, 0.4) is 0 Å². The first-order valence-corrected chi connectivity index (χ1v) is 9.66. The van der Waals surface area contributed by atoms with Gasteiger partial charge in [-0.2, -0.15) is 5.10 Å². The molecule has 2 aromatic carbocycles. The van der Waals surface area contributed by atoms with Crippen molar-refractivity contribution in [2.75, 3.05) is 18.9 Å². The summed E-state index contributed by atoms with van der Waals surface area (Å²) in [5.74, 6) is 0.836. The summed E-state index contributed by atoms with van der Waals surface area (Å²) in [7, 11) is 1.74. The highest BCUT2D eigenvalue weighted by Gasteiger charge is 2.24. The average molecular weight is 516 g/mol. The van der Waals surface area contributed by atoms with Gasteiger partial charge in [0.15, 0.2) is 5.96 Å². The minimum absolute atomic E-state index is 0. The molecule has 3 N–H and O–H groups in total. The number of para-hydroxylation sites is 2. The van der Waals surface area contributed by atoms with Gasteiger partial charge >= 0.3 is 0 Å². The van der Waals surface area contributed by atoms with Crippen LogP contribution in [0.4, 0.5) is 5.69 Å². The summed E-state index contributed by atoms with van der Waals surface area (Å²) in [6.07, 6.45) is 2.41. The second-order valence-electron chi connectivity index (χ2n) is 6.93. The van der Waals surface area contributed by atoms with Crippen molar-refractivity contribution in [3.8, 4) is 5.69 Å². The molecule has 0 saturated carbocycles. The van der Waals surface area contributed by atoms with Gasteiger partial charge in [-0.25, -0.2) is 4.68 Å². The molecule has 1 unspecified atom stereocenters. The van der Waals surface area contributed by atoms with E-state index in [1.165, 1.54) is 0 Å². The van der Waals surface area contributed by atoms with E-state index in [1.54, 1.807) is 7.05 Å². The number of hydrogen-bond acceptors (Lipinski definition) is 3. The van der Waals surface area contributed by atoms with Crippen molar-refractivity contribution in [2.45, 2.75) is 18.9 Å². The number of amides is 1. The van der Waals surface area contributed by atoms with Crippen LogP contribution in [0.15, 0.2) is 71.9 Å². The summed E-state index contributed by atoms with van der Waals surface area (Å²) in [6.45, 7) is 1.18. The average Bonchev–Trinajstić information content (AvgIpc) is 3.23. The van der Waals surface area contributed by atoms with Crippen LogP contribution in [-0.2, 0) is 11.3 Å². The molecule has 1 aliphatic rings. The van der Waals surface area contributed by atoms with E-state index in [0.29, 0.717) is 25.5 Å². The molecule has 2 heterocycles. The molecule has 0 spiro atoms. The van der Waals surface area contributed by atoms with Crippen molar-refractivity contribution in [1.29, 1.82) is 0 Å². The van der Waals surface area contributed by atoms with Crippen LogP contribution >= 0.6 is 24.0 Å². The Morgan fingerprint density at radius 3 is 2.70 bits per heavy atom. The van der Waals surface area contributed by atoms with Crippen LogP contribution < -0.4 is 16.0 Å². The van der Waals surface area contributed by atoms with Gasteiger partial charge in [-0.3, -0.25) is 9.79 Å². The number of halogens is 1. The fourth-order valence-electron chi connectivity index (χ4n) is 3.48. The van der Waals surface area contributed by atoms with Crippen LogP contribution in [0.25, 0.3) is 5.69 Å². The number of carbonyl (C=O) groups excluding carboxylic acids is 1. The van der Waals surface area contributed by atoms with Gasteiger partial charge in [0.25, 0.3) is 0 Å². The first-order valence-electron chi connectivity index (χ1n) is 9.66. The van der Waals surface area contributed by atoms with Crippen LogP contribution in [0.1, 0.15) is 23.6 Å². The second-order valence-corrected chi connectivity index (χ2v) is 6.93. The molecule has 4 rings (SSSR count). The number of aromatic nitrogens is 2. The fourth-order valence-corrected chi connectivity index (χ4v) is 3.48. The van der Waals surface area contributed by atoms with E-state index < -0.39 is 0 Å². The van der Waals surface area contributed by atoms with E-state index in [-0.39, 0.29) is 35.8 Å². The van der Waals surface area contributed by atoms with Crippen LogP contribution in [0.2, 0.25) is 0 Å². The van der Waals surface area contributed by atoms with E-state index >= 15 is 0 Å². The third-order valence-corrected chi connectivity index (χ3v) is 4.95. The van der Waals surface area contributed by atoms with Crippen molar-refractivity contribution in [3.05, 3.63) is 78.1 Å². The topological polar surface area (TPSA) is 83.3 Å². The van der Waals surface area contributed by atoms with Gasteiger partial charge in [0.1, 0.15) is 0 Å². The Kier molecular flexibility index (Phi) is 7.45. The highest BCUT2D eigenvalue weighted by atomic mass is 127. The Morgan fingerprint density at radius 1 is 1.13 bits per heavy atom. The number of guanidine groups is 1. The number of rotatable bonds is 5. The van der Waals surface area contributed by atoms with Gasteiger partial charge in [-0.15, -0.1) is 24.0 Å². The van der Waals surface area contributed by atoms with E-state index in [9.17, 15) is 4.79 Å². The number of hydrogen-bond donors (Lipinski definition) is 3. The molecule has 0 fully saturated rings. The third kappa shape index (κ3) is 5.18. The summed E-state index contributed by atoms with van der Waals surface area (Å²) in [6, 6.07) is 19.9. The molecule has 8 heteroatoms. The Balaban J connectivity index is 0.00000256. The van der Waals surface area contributed by atoms with Gasteiger partial charge in [0.2, 0.25) is 5.91 Å². The van der Waals surface area contributed by atoms with E-state index in [0.717, 1.165) is 22.6 Å². The smallest absolute Gasteiger partial charge is 0.225 e. The lowest BCUT2D eigenvalue weighted by Crippen LogP contribution is -2.40. The monoisotopic (exact) mass is 516 g/mol. The molecule has 1 amide bonds. The Hall–Kier alpha value is -2.88. The predicted octanol–water partition coefficient (Wildman–Crippen LogP) is 3.28. The number of fused-ring (bicyclic) bond motifs is 1. The molecule has 0 aliphatic carbocycles. The number of nitrogens with zero attached hydrogens (tertiary/aromatic N) is 3. The van der Waals surface area contributed by atoms with Gasteiger partial charge in [0.05, 0.1) is 17.9 Å². The molecule has 0 saturated heterocycles. The van der Waals surface area contributed by atoms with Crippen molar-refractivity contribution in [1.82, 2.24) is 20.4 Å². The molecule has 156 valence electrons. The first-order chi connectivity index (χ1) is 14.2. The lowest BCUT2D eigenvalue weighted by Gasteiger charge is -2.26. The molecular weight excluding hydrogens is 491 g/mol. The SMILES string of the molecule is CN=C(NCc1ccn(-c2ccccc2)n1)NCC1CC(=O)Nc2ccccc21.I. The molecule has 0 radical (unpaired) electrons. The van der Waals surface area contributed by atoms with Crippen LogP contribution in [-0.4, -0.2) is 35.2 Å². The molecule has 1 aliphatic heterocycles. The molecule has 3 aromatic rings. The number of nitrogens with one attached hydrogen (secondary N) is 3. The molecule has 7 nitrogen and oxygen atoms in total. The van der Waals surface area contributed by atoms with Gasteiger partial charge in [-0.05, 0) is 29.8 Å². The zero-order chi connectivity index (χ0) is 20.1. The number of benzene rings is 2. The van der Waals surface area contributed by atoms with E-state index in [1.807, 2.05) is 65.5 Å². The maximum absolute atomic E-state index is 12.0. The standard InChI is InChI=1S/C22H24N6O.HI/c1-23-22(24-14-16-13-21(29)26-20-10-6-5-9-19(16)20)25-15-17-11-12-28(27-17)18-7-3-2-4-8-18;/h2-12,16H,13-15H2,1H3,(H,26,29)(H2,23,24,25);1H. The Morgan fingerprint density at radius 2 is 1.90 bits per heavy atom. The summed E-state index contributed by atoms with van der Waals surface area (Å²) in [4.78, 5) is 16.3. The third-order valence-electron chi connectivity index (χ3n) is 4.95. The Labute approximate surface area is 193 Å². The second kappa shape index (κ2) is 10.2. The van der Waals surface area contributed by atoms with Gasteiger partial charge in [-0.1, -0.05) is 36.4 Å². The number of carbonyl (C=O) groups is 1. The lowest BCUT2D eigenvalue weighted by molar-refractivity contribution is -0.116. The largest absolute Gasteiger partial charge is 0.356 e. The number of anilines is 1. The molecule has 0 bridgehead atoms.